The van der Waals surface area contributed by atoms with Gasteiger partial charge in [0, 0.05) is 11.3 Å². The number of rotatable bonds is 10. The topological polar surface area (TPSA) is 59.6 Å². The summed E-state index contributed by atoms with van der Waals surface area (Å²) in [6.07, 6.45) is 3.11. The molecule has 2 aromatic carbocycles. The van der Waals surface area contributed by atoms with Crippen LogP contribution in [0.3, 0.4) is 0 Å². The molecule has 0 bridgehead atoms. The second-order valence-corrected chi connectivity index (χ2v) is 7.60. The van der Waals surface area contributed by atoms with Gasteiger partial charge < -0.3 is 14.8 Å². The van der Waals surface area contributed by atoms with Crippen LogP contribution < -0.4 is 20.1 Å². The predicted molar refractivity (Wildman–Crippen MR) is 122 cm³/mol. The lowest BCUT2D eigenvalue weighted by Gasteiger charge is -2.12. The van der Waals surface area contributed by atoms with Crippen molar-refractivity contribution in [1.82, 2.24) is 5.32 Å². The van der Waals surface area contributed by atoms with Crippen molar-refractivity contribution in [1.29, 1.82) is 0 Å². The summed E-state index contributed by atoms with van der Waals surface area (Å²) in [5.41, 5.74) is 1.30. The molecule has 0 aromatic heterocycles. The molecule has 0 aliphatic rings. The Morgan fingerprint density at radius 2 is 1.55 bits per heavy atom. The molecule has 2 rings (SSSR count). The molecule has 0 fully saturated rings. The van der Waals surface area contributed by atoms with Gasteiger partial charge in [0.2, 0.25) is 0 Å². The lowest BCUT2D eigenvalue weighted by atomic mass is 10.1. The fourth-order valence-electron chi connectivity index (χ4n) is 2.42. The van der Waals surface area contributed by atoms with Gasteiger partial charge in [-0.05, 0) is 79.5 Å². The van der Waals surface area contributed by atoms with E-state index in [0.29, 0.717) is 24.7 Å². The molecule has 29 heavy (non-hydrogen) atoms. The Morgan fingerprint density at radius 3 is 2.14 bits per heavy atom. The number of nitrogens with one attached hydrogen (secondary N) is 2. The number of anilines is 1. The predicted octanol–water partition coefficient (Wildman–Crippen LogP) is 5.42. The third-order valence-corrected chi connectivity index (χ3v) is 4.39. The molecular formula is C23H30N2O3S. The lowest BCUT2D eigenvalue weighted by molar-refractivity contribution is 0.0977. The normalized spacial score (nSPS) is 10.5. The molecule has 0 saturated heterocycles. The second kappa shape index (κ2) is 12.1. The van der Waals surface area contributed by atoms with E-state index in [0.717, 1.165) is 36.4 Å². The number of hydrogen-bond acceptors (Lipinski definition) is 4. The van der Waals surface area contributed by atoms with Crippen LogP contribution in [0.4, 0.5) is 5.69 Å². The monoisotopic (exact) mass is 414 g/mol. The number of ether oxygens (including phenoxy) is 2. The molecule has 5 nitrogen and oxygen atoms in total. The van der Waals surface area contributed by atoms with Gasteiger partial charge in [-0.1, -0.05) is 27.2 Å². The minimum atomic E-state index is -0.267. The zero-order chi connectivity index (χ0) is 21.1. The van der Waals surface area contributed by atoms with E-state index in [4.69, 9.17) is 21.7 Å². The minimum absolute atomic E-state index is 0.242. The quantitative estimate of drug-likeness (QED) is 0.402. The Morgan fingerprint density at radius 1 is 0.966 bits per heavy atom. The zero-order valence-corrected chi connectivity index (χ0v) is 18.2. The number of benzene rings is 2. The first-order valence-corrected chi connectivity index (χ1v) is 10.5. The van der Waals surface area contributed by atoms with E-state index in [1.165, 1.54) is 0 Å². The molecule has 0 saturated carbocycles. The van der Waals surface area contributed by atoms with Crippen molar-refractivity contribution in [3.8, 4) is 11.5 Å². The molecule has 6 heteroatoms. The fourth-order valence-corrected chi connectivity index (χ4v) is 2.63. The minimum Gasteiger partial charge on any atom is -0.494 e. The Kier molecular flexibility index (Phi) is 9.44. The largest absolute Gasteiger partial charge is 0.494 e. The number of amides is 1. The van der Waals surface area contributed by atoms with Crippen LogP contribution in [0, 0.1) is 5.92 Å². The molecule has 2 N–H and O–H groups in total. The van der Waals surface area contributed by atoms with Crippen molar-refractivity contribution in [3.05, 3.63) is 54.1 Å². The summed E-state index contributed by atoms with van der Waals surface area (Å²) < 4.78 is 11.3. The standard InChI is InChI=1S/C23H30N2O3S/c1-4-5-15-27-20-10-6-18(7-11-20)22(26)25-23(29)24-19-8-12-21(13-9-19)28-16-14-17(2)3/h6-13,17H,4-5,14-16H2,1-3H3,(H2,24,25,26,29). The van der Waals surface area contributed by atoms with Gasteiger partial charge in [0.15, 0.2) is 5.11 Å². The highest BCUT2D eigenvalue weighted by atomic mass is 32.1. The van der Waals surface area contributed by atoms with Gasteiger partial charge in [0.05, 0.1) is 13.2 Å². The van der Waals surface area contributed by atoms with Crippen molar-refractivity contribution in [2.75, 3.05) is 18.5 Å². The van der Waals surface area contributed by atoms with Crippen LogP contribution in [-0.2, 0) is 0 Å². The number of carbonyl (C=O) groups excluding carboxylic acids is 1. The maximum absolute atomic E-state index is 12.3. The van der Waals surface area contributed by atoms with Crippen LogP contribution in [0.5, 0.6) is 11.5 Å². The fraction of sp³-hybridized carbons (Fsp3) is 0.391. The second-order valence-electron chi connectivity index (χ2n) is 7.19. The summed E-state index contributed by atoms with van der Waals surface area (Å²) in [6, 6.07) is 14.5. The van der Waals surface area contributed by atoms with Crippen LogP contribution >= 0.6 is 12.2 Å². The maximum Gasteiger partial charge on any atom is 0.257 e. The number of carbonyl (C=O) groups is 1. The van der Waals surface area contributed by atoms with E-state index in [1.807, 2.05) is 24.3 Å². The molecule has 0 unspecified atom stereocenters. The first-order chi connectivity index (χ1) is 14.0. The number of hydrogen-bond donors (Lipinski definition) is 2. The molecule has 156 valence electrons. The van der Waals surface area contributed by atoms with E-state index < -0.39 is 0 Å². The number of unbranched alkanes of at least 4 members (excludes halogenated alkanes) is 1. The summed E-state index contributed by atoms with van der Waals surface area (Å²) in [5.74, 6) is 1.91. The first-order valence-electron chi connectivity index (χ1n) is 10.1. The van der Waals surface area contributed by atoms with Gasteiger partial charge in [-0.15, -0.1) is 0 Å². The van der Waals surface area contributed by atoms with Crippen molar-refractivity contribution < 1.29 is 14.3 Å². The molecule has 0 spiro atoms. The molecular weight excluding hydrogens is 384 g/mol. The Bertz CT molecular complexity index is 774. The van der Waals surface area contributed by atoms with Gasteiger partial charge in [-0.3, -0.25) is 10.1 Å². The maximum atomic E-state index is 12.3. The Hall–Kier alpha value is -2.60. The first kappa shape index (κ1) is 22.7. The smallest absolute Gasteiger partial charge is 0.257 e. The van der Waals surface area contributed by atoms with Crippen molar-refractivity contribution in [2.45, 2.75) is 40.0 Å². The van der Waals surface area contributed by atoms with Gasteiger partial charge in [0.25, 0.3) is 5.91 Å². The van der Waals surface area contributed by atoms with E-state index in [1.54, 1.807) is 24.3 Å². The van der Waals surface area contributed by atoms with E-state index >= 15 is 0 Å². The Balaban J connectivity index is 1.80. The molecule has 1 amide bonds. The van der Waals surface area contributed by atoms with Gasteiger partial charge >= 0.3 is 0 Å². The number of thiocarbonyl (C=S) groups is 1. The highest BCUT2D eigenvalue weighted by molar-refractivity contribution is 7.80. The zero-order valence-electron chi connectivity index (χ0n) is 17.4. The summed E-state index contributed by atoms with van der Waals surface area (Å²) in [5, 5.41) is 5.94. The van der Waals surface area contributed by atoms with E-state index in [-0.39, 0.29) is 11.0 Å². The average molecular weight is 415 g/mol. The molecule has 0 heterocycles. The third kappa shape index (κ3) is 8.52. The van der Waals surface area contributed by atoms with Crippen LogP contribution in [0.1, 0.15) is 50.4 Å². The van der Waals surface area contributed by atoms with Crippen LogP contribution in [0.25, 0.3) is 0 Å². The molecule has 0 aliphatic carbocycles. The lowest BCUT2D eigenvalue weighted by Crippen LogP contribution is -2.34. The Labute approximate surface area is 178 Å². The van der Waals surface area contributed by atoms with E-state index in [9.17, 15) is 4.79 Å². The van der Waals surface area contributed by atoms with Crippen LogP contribution in [-0.4, -0.2) is 24.2 Å². The highest BCUT2D eigenvalue weighted by Crippen LogP contribution is 2.17. The van der Waals surface area contributed by atoms with Gasteiger partial charge in [-0.25, -0.2) is 0 Å². The SMILES string of the molecule is CCCCOc1ccc(C(=O)NC(=S)Nc2ccc(OCCC(C)C)cc2)cc1. The van der Waals surface area contributed by atoms with Crippen LogP contribution in [0.15, 0.2) is 48.5 Å². The summed E-state index contributed by atoms with van der Waals surface area (Å²) >= 11 is 5.24. The molecule has 2 aromatic rings. The molecule has 0 atom stereocenters. The van der Waals surface area contributed by atoms with Crippen molar-refractivity contribution in [3.63, 3.8) is 0 Å². The summed E-state index contributed by atoms with van der Waals surface area (Å²) in [4.78, 5) is 12.3. The van der Waals surface area contributed by atoms with Gasteiger partial charge in [-0.2, -0.15) is 0 Å². The highest BCUT2D eigenvalue weighted by Gasteiger charge is 2.08. The third-order valence-electron chi connectivity index (χ3n) is 4.19. The molecule has 0 aliphatic heterocycles. The molecule has 0 radical (unpaired) electrons. The van der Waals surface area contributed by atoms with Crippen molar-refractivity contribution in [2.24, 2.45) is 5.92 Å². The average Bonchev–Trinajstić information content (AvgIpc) is 2.69. The van der Waals surface area contributed by atoms with E-state index in [2.05, 4.69) is 31.4 Å². The summed E-state index contributed by atoms with van der Waals surface area (Å²) in [6.45, 7) is 7.82. The van der Waals surface area contributed by atoms with Gasteiger partial charge in [0.1, 0.15) is 11.5 Å². The summed E-state index contributed by atoms with van der Waals surface area (Å²) in [7, 11) is 0. The van der Waals surface area contributed by atoms with Crippen molar-refractivity contribution >= 4 is 28.9 Å². The van der Waals surface area contributed by atoms with Crippen LogP contribution in [0.2, 0.25) is 0 Å².